The highest BCUT2D eigenvalue weighted by atomic mass is 16.3. The Labute approximate surface area is 452 Å². The Balaban J connectivity index is 1.08. The number of hydrogen-bond acceptors (Lipinski definition) is 6. The third kappa shape index (κ3) is 6.11. The molecule has 12 aromatic carbocycles. The van der Waals surface area contributed by atoms with E-state index in [1.807, 2.05) is 18.2 Å². The van der Waals surface area contributed by atoms with Crippen molar-refractivity contribution >= 4 is 122 Å². The van der Waals surface area contributed by atoms with Crippen molar-refractivity contribution < 1.29 is 17.7 Å². The summed E-state index contributed by atoms with van der Waals surface area (Å²) in [5.41, 5.74) is 17.4. The first kappa shape index (κ1) is 43.7. The van der Waals surface area contributed by atoms with Gasteiger partial charge in [-0.15, -0.1) is 0 Å². The summed E-state index contributed by atoms with van der Waals surface area (Å²) >= 11 is 0. The average molecular weight is 1010 g/mol. The van der Waals surface area contributed by atoms with E-state index in [4.69, 9.17) is 17.7 Å². The second-order valence-electron chi connectivity index (χ2n) is 20.6. The Morgan fingerprint density at radius 3 is 1.14 bits per heavy atom. The SMILES string of the molecule is c1ccc(N(c2cccc3c2oc2ccccc23)c2cc3c(c4c2oc2ccccc24)-c2c(cc(N(c4ccccc4)c4cccc5c4oc4ccccc45)c4c2oc2ccccc24)C3(c2ccccc2)c2ccccc2)cc1. The molecule has 0 radical (unpaired) electrons. The second kappa shape index (κ2) is 16.7. The molecule has 0 aliphatic heterocycles. The van der Waals surface area contributed by atoms with E-state index in [0.717, 1.165) is 155 Å². The number of anilines is 6. The minimum absolute atomic E-state index is 0.746. The van der Waals surface area contributed by atoms with Gasteiger partial charge in [-0.25, -0.2) is 0 Å². The predicted molar refractivity (Wildman–Crippen MR) is 322 cm³/mol. The van der Waals surface area contributed by atoms with Gasteiger partial charge in [0.05, 0.1) is 33.6 Å². The van der Waals surface area contributed by atoms with Gasteiger partial charge < -0.3 is 27.5 Å². The fourth-order valence-corrected chi connectivity index (χ4v) is 13.3. The zero-order valence-corrected chi connectivity index (χ0v) is 42.4. The maximum Gasteiger partial charge on any atom is 0.160 e. The molecule has 0 amide bonds. The first-order valence-corrected chi connectivity index (χ1v) is 26.8. The van der Waals surface area contributed by atoms with Gasteiger partial charge in [0.15, 0.2) is 16.7 Å². The van der Waals surface area contributed by atoms with Crippen molar-refractivity contribution in [2.75, 3.05) is 9.80 Å². The third-order valence-electron chi connectivity index (χ3n) is 16.5. The molecule has 0 atom stereocenters. The van der Waals surface area contributed by atoms with Gasteiger partial charge in [-0.05, 0) is 95.1 Å². The first-order chi connectivity index (χ1) is 39.2. The molecule has 0 unspecified atom stereocenters. The molecule has 370 valence electrons. The molecule has 1 aliphatic rings. The highest BCUT2D eigenvalue weighted by Gasteiger charge is 2.50. The Kier molecular flexibility index (Phi) is 9.24. The zero-order valence-electron chi connectivity index (χ0n) is 42.4. The number of hydrogen-bond donors (Lipinski definition) is 0. The van der Waals surface area contributed by atoms with Crippen LogP contribution in [0.1, 0.15) is 22.3 Å². The summed E-state index contributed by atoms with van der Waals surface area (Å²) in [6, 6.07) is 94.7. The lowest BCUT2D eigenvalue weighted by molar-refractivity contribution is 0.666. The lowest BCUT2D eigenvalue weighted by Crippen LogP contribution is -2.29. The molecule has 0 N–H and O–H groups in total. The van der Waals surface area contributed by atoms with E-state index in [1.165, 1.54) is 0 Å². The molecule has 0 saturated heterocycles. The van der Waals surface area contributed by atoms with E-state index < -0.39 is 5.41 Å². The average Bonchev–Trinajstić information content (AvgIpc) is 3.40. The van der Waals surface area contributed by atoms with Crippen molar-refractivity contribution in [2.45, 2.75) is 5.41 Å². The van der Waals surface area contributed by atoms with E-state index in [0.29, 0.717) is 0 Å². The number of para-hydroxylation sites is 8. The summed E-state index contributed by atoms with van der Waals surface area (Å²) in [7, 11) is 0. The van der Waals surface area contributed by atoms with E-state index in [-0.39, 0.29) is 0 Å². The third-order valence-corrected chi connectivity index (χ3v) is 16.5. The standard InChI is InChI=1S/C73H44N2O4/c1-5-23-45(24-6-1)73(46-25-7-2-8-26-46)55-44-60(75(48-29-11-4-12-30-48)58-38-22-36-52-50-32-14-18-40-62(50)77-70(52)58)71-66(54-34-16-20-42-64(54)78-71)67(55)68-56(73)43-59(65-53-33-15-19-41-63(53)79-72(65)68)74(47-27-9-3-10-28-47)57-37-21-35-51-49-31-13-17-39-61(49)76-69(51)57/h1-44H. The van der Waals surface area contributed by atoms with Crippen molar-refractivity contribution in [3.05, 3.63) is 289 Å². The van der Waals surface area contributed by atoms with Crippen molar-refractivity contribution in [2.24, 2.45) is 0 Å². The van der Waals surface area contributed by atoms with Crippen molar-refractivity contribution in [1.82, 2.24) is 0 Å². The van der Waals surface area contributed by atoms with Crippen LogP contribution in [0.25, 0.3) is 98.9 Å². The molecule has 1 aliphatic carbocycles. The van der Waals surface area contributed by atoms with Crippen molar-refractivity contribution in [1.29, 1.82) is 0 Å². The van der Waals surface area contributed by atoms with Crippen LogP contribution in [0.5, 0.6) is 0 Å². The van der Waals surface area contributed by atoms with Gasteiger partial charge in [0.25, 0.3) is 0 Å². The lowest BCUT2D eigenvalue weighted by Gasteiger charge is -2.36. The van der Waals surface area contributed by atoms with Gasteiger partial charge in [-0.2, -0.15) is 0 Å². The molecule has 6 nitrogen and oxygen atoms in total. The van der Waals surface area contributed by atoms with E-state index in [9.17, 15) is 0 Å². The zero-order chi connectivity index (χ0) is 51.8. The molecule has 79 heavy (non-hydrogen) atoms. The summed E-state index contributed by atoms with van der Waals surface area (Å²) in [6.07, 6.45) is 0. The van der Waals surface area contributed by atoms with Crippen LogP contribution >= 0.6 is 0 Å². The first-order valence-electron chi connectivity index (χ1n) is 26.8. The van der Waals surface area contributed by atoms with Crippen molar-refractivity contribution in [3.8, 4) is 11.1 Å². The predicted octanol–water partition coefficient (Wildman–Crippen LogP) is 20.6. The van der Waals surface area contributed by atoms with Crippen LogP contribution < -0.4 is 9.80 Å². The van der Waals surface area contributed by atoms with Crippen LogP contribution in [-0.4, -0.2) is 0 Å². The maximum absolute atomic E-state index is 7.54. The molecule has 0 bridgehead atoms. The van der Waals surface area contributed by atoms with Gasteiger partial charge in [0, 0.05) is 60.2 Å². The molecule has 6 heteroatoms. The summed E-state index contributed by atoms with van der Waals surface area (Å²) in [4.78, 5) is 4.73. The van der Waals surface area contributed by atoms with Gasteiger partial charge in [-0.3, -0.25) is 0 Å². The molecule has 4 aromatic heterocycles. The Hall–Kier alpha value is -10.6. The topological polar surface area (TPSA) is 59.0 Å². The molecule has 4 heterocycles. The van der Waals surface area contributed by atoms with Gasteiger partial charge in [-0.1, -0.05) is 194 Å². The maximum atomic E-state index is 7.54. The van der Waals surface area contributed by atoms with Crippen molar-refractivity contribution in [3.63, 3.8) is 0 Å². The molecular weight excluding hydrogens is 969 g/mol. The molecule has 17 rings (SSSR count). The Morgan fingerprint density at radius 2 is 0.620 bits per heavy atom. The van der Waals surface area contributed by atoms with E-state index >= 15 is 0 Å². The number of furan rings is 4. The summed E-state index contributed by atoms with van der Waals surface area (Å²) in [5, 5.41) is 8.20. The Bertz CT molecular complexity index is 5050. The van der Waals surface area contributed by atoms with Gasteiger partial charge in [0.1, 0.15) is 27.9 Å². The monoisotopic (exact) mass is 1010 g/mol. The highest BCUT2D eigenvalue weighted by Crippen LogP contribution is 2.65. The van der Waals surface area contributed by atoms with Crippen LogP contribution in [0.3, 0.4) is 0 Å². The van der Waals surface area contributed by atoms with Crippen LogP contribution in [0.4, 0.5) is 34.1 Å². The molecular formula is C73H44N2O4. The summed E-state index contributed by atoms with van der Waals surface area (Å²) in [6.45, 7) is 0. The highest BCUT2D eigenvalue weighted by molar-refractivity contribution is 6.27. The van der Waals surface area contributed by atoms with Crippen LogP contribution in [-0.2, 0) is 5.41 Å². The Morgan fingerprint density at radius 1 is 0.253 bits per heavy atom. The van der Waals surface area contributed by atoms with Crippen LogP contribution in [0.2, 0.25) is 0 Å². The number of benzene rings is 12. The van der Waals surface area contributed by atoms with Gasteiger partial charge >= 0.3 is 0 Å². The second-order valence-corrected chi connectivity index (χ2v) is 20.6. The molecule has 0 saturated carbocycles. The largest absolute Gasteiger partial charge is 0.455 e. The minimum atomic E-state index is -0.947. The molecule has 0 fully saturated rings. The van der Waals surface area contributed by atoms with Crippen LogP contribution in [0, 0.1) is 0 Å². The fraction of sp³-hybridized carbons (Fsp3) is 0.0137. The summed E-state index contributed by atoms with van der Waals surface area (Å²) in [5.74, 6) is 0. The van der Waals surface area contributed by atoms with Crippen LogP contribution in [0.15, 0.2) is 285 Å². The van der Waals surface area contributed by atoms with E-state index in [2.05, 4.69) is 259 Å². The normalized spacial score (nSPS) is 12.9. The number of fused-ring (bicyclic) bond motifs is 17. The minimum Gasteiger partial charge on any atom is -0.455 e. The smallest absolute Gasteiger partial charge is 0.160 e. The van der Waals surface area contributed by atoms with Gasteiger partial charge in [0.2, 0.25) is 0 Å². The molecule has 0 spiro atoms. The number of rotatable bonds is 8. The molecule has 16 aromatic rings. The fourth-order valence-electron chi connectivity index (χ4n) is 13.3. The van der Waals surface area contributed by atoms with E-state index in [1.54, 1.807) is 0 Å². The quantitative estimate of drug-likeness (QED) is 0.151. The number of nitrogens with zero attached hydrogens (tertiary/aromatic N) is 2. The lowest BCUT2D eigenvalue weighted by atomic mass is 9.67. The summed E-state index contributed by atoms with van der Waals surface area (Å²) < 4.78 is 28.8.